The van der Waals surface area contributed by atoms with E-state index in [1.165, 1.54) is 18.4 Å². The fourth-order valence-corrected chi connectivity index (χ4v) is 2.96. The normalized spacial score (nSPS) is 12.8. The van der Waals surface area contributed by atoms with Crippen molar-refractivity contribution in [1.29, 1.82) is 0 Å². The van der Waals surface area contributed by atoms with Crippen LogP contribution in [0.2, 0.25) is 0 Å². The van der Waals surface area contributed by atoms with Gasteiger partial charge in [0, 0.05) is 0 Å². The molecule has 2 aromatic carbocycles. The number of aromatic amines is 1. The molecule has 2 heterocycles. The van der Waals surface area contributed by atoms with Gasteiger partial charge in [-0.3, -0.25) is 4.79 Å². The number of aromatic nitrogens is 2. The highest BCUT2D eigenvalue weighted by Crippen LogP contribution is 2.30. The summed E-state index contributed by atoms with van der Waals surface area (Å²) in [7, 11) is 0. The smallest absolute Gasteiger partial charge is 0.449 e. The zero-order valence-corrected chi connectivity index (χ0v) is 14.3. The number of hydrogen-bond donors (Lipinski definition) is 2. The van der Waals surface area contributed by atoms with Crippen molar-refractivity contribution in [3.8, 4) is 0 Å². The van der Waals surface area contributed by atoms with Gasteiger partial charge >= 0.3 is 6.18 Å². The Morgan fingerprint density at radius 3 is 2.50 bits per heavy atom. The summed E-state index contributed by atoms with van der Waals surface area (Å²) < 4.78 is 43.9. The largest absolute Gasteiger partial charge is 0.459 e. The van der Waals surface area contributed by atoms with E-state index < -0.39 is 23.9 Å². The van der Waals surface area contributed by atoms with Gasteiger partial charge in [0.25, 0.3) is 5.91 Å². The number of carbonyl (C=O) groups excluding carboxylic acids is 1. The van der Waals surface area contributed by atoms with Crippen LogP contribution in [0, 0.1) is 0 Å². The lowest BCUT2D eigenvalue weighted by atomic mass is 9.98. The number of hydrogen-bond acceptors (Lipinski definition) is 3. The number of nitrogens with one attached hydrogen (secondary N) is 2. The summed E-state index contributed by atoms with van der Waals surface area (Å²) in [5, 5.41) is 2.86. The third kappa shape index (κ3) is 3.48. The zero-order chi connectivity index (χ0) is 19.7. The Labute approximate surface area is 157 Å². The Kier molecular flexibility index (Phi) is 4.38. The third-order valence-corrected chi connectivity index (χ3v) is 4.26. The number of rotatable bonds is 4. The number of alkyl halides is 3. The molecular formula is C20H14F3N3O2. The van der Waals surface area contributed by atoms with Crippen LogP contribution in [0.1, 0.15) is 33.5 Å². The molecule has 4 rings (SSSR count). The number of carbonyl (C=O) groups is 1. The maximum Gasteiger partial charge on any atom is 0.449 e. The Balaban J connectivity index is 1.74. The van der Waals surface area contributed by atoms with Crippen LogP contribution in [-0.4, -0.2) is 15.9 Å². The van der Waals surface area contributed by atoms with Gasteiger partial charge in [-0.25, -0.2) is 4.98 Å². The van der Waals surface area contributed by atoms with Gasteiger partial charge in [-0.05, 0) is 35.4 Å². The number of nitrogens with zero attached hydrogens (tertiary/aromatic N) is 1. The van der Waals surface area contributed by atoms with E-state index in [2.05, 4.69) is 15.3 Å². The Morgan fingerprint density at radius 1 is 1.04 bits per heavy atom. The van der Waals surface area contributed by atoms with Crippen molar-refractivity contribution >= 4 is 16.9 Å². The van der Waals surface area contributed by atoms with Gasteiger partial charge in [0.2, 0.25) is 5.82 Å². The summed E-state index contributed by atoms with van der Waals surface area (Å²) >= 11 is 0. The first-order valence-electron chi connectivity index (χ1n) is 8.38. The van der Waals surface area contributed by atoms with E-state index in [1.54, 1.807) is 18.2 Å². The summed E-state index contributed by atoms with van der Waals surface area (Å²) in [6.07, 6.45) is -3.17. The molecule has 0 aliphatic heterocycles. The molecular weight excluding hydrogens is 371 g/mol. The number of fused-ring (bicyclic) bond motifs is 1. The van der Waals surface area contributed by atoms with Crippen LogP contribution >= 0.6 is 0 Å². The summed E-state index contributed by atoms with van der Waals surface area (Å²) in [6, 6.07) is 16.4. The van der Waals surface area contributed by atoms with E-state index in [0.29, 0.717) is 5.56 Å². The summed E-state index contributed by atoms with van der Waals surface area (Å²) in [5.74, 6) is -1.35. The van der Waals surface area contributed by atoms with Gasteiger partial charge < -0.3 is 14.7 Å². The van der Waals surface area contributed by atoms with Crippen LogP contribution < -0.4 is 5.32 Å². The first-order chi connectivity index (χ1) is 13.4. The summed E-state index contributed by atoms with van der Waals surface area (Å²) in [6.45, 7) is 0. The number of benzene rings is 2. The Hall–Kier alpha value is -3.55. The second-order valence-corrected chi connectivity index (χ2v) is 6.15. The quantitative estimate of drug-likeness (QED) is 0.535. The van der Waals surface area contributed by atoms with Crippen molar-refractivity contribution < 1.29 is 22.4 Å². The molecule has 1 atom stereocenters. The topological polar surface area (TPSA) is 70.9 Å². The average molecular weight is 385 g/mol. The fraction of sp³-hybridized carbons (Fsp3) is 0.100. The third-order valence-electron chi connectivity index (χ3n) is 4.26. The molecule has 8 heteroatoms. The predicted octanol–water partition coefficient (Wildman–Crippen LogP) is 4.69. The minimum absolute atomic E-state index is 0.142. The van der Waals surface area contributed by atoms with E-state index >= 15 is 0 Å². The summed E-state index contributed by atoms with van der Waals surface area (Å²) in [5.41, 5.74) is 1.81. The van der Waals surface area contributed by atoms with Crippen molar-refractivity contribution in [2.45, 2.75) is 12.2 Å². The number of amides is 1. The Bertz CT molecular complexity index is 1100. The SMILES string of the molecule is O=C(N[C@H](c1ccccc1)c1ccc2nc(C(F)(F)F)[nH]c2c1)c1ccco1. The number of H-pyrrole nitrogens is 1. The molecule has 142 valence electrons. The van der Waals surface area contributed by atoms with Crippen molar-refractivity contribution in [2.75, 3.05) is 0 Å². The minimum atomic E-state index is -4.56. The molecule has 0 bridgehead atoms. The fourth-order valence-electron chi connectivity index (χ4n) is 2.96. The van der Waals surface area contributed by atoms with Crippen LogP contribution in [-0.2, 0) is 6.18 Å². The van der Waals surface area contributed by atoms with Gasteiger partial charge in [0.15, 0.2) is 5.76 Å². The van der Waals surface area contributed by atoms with E-state index in [1.807, 2.05) is 30.3 Å². The molecule has 0 fully saturated rings. The summed E-state index contributed by atoms with van der Waals surface area (Å²) in [4.78, 5) is 18.4. The highest BCUT2D eigenvalue weighted by Gasteiger charge is 2.34. The second kappa shape index (κ2) is 6.88. The van der Waals surface area contributed by atoms with Crippen LogP contribution in [0.15, 0.2) is 71.3 Å². The molecule has 0 unspecified atom stereocenters. The standard InChI is InChI=1S/C20H14F3N3O2/c21-20(22,23)19-24-14-9-8-13(11-15(14)25-19)17(12-5-2-1-3-6-12)26-18(27)16-7-4-10-28-16/h1-11,17H,(H,24,25)(H,26,27)/t17-/m1/s1. The first-order valence-corrected chi connectivity index (χ1v) is 8.38. The average Bonchev–Trinajstić information content (AvgIpc) is 3.35. The lowest BCUT2D eigenvalue weighted by molar-refractivity contribution is -0.144. The molecule has 0 aliphatic carbocycles. The van der Waals surface area contributed by atoms with Crippen molar-refractivity contribution in [2.24, 2.45) is 0 Å². The van der Waals surface area contributed by atoms with Gasteiger partial charge in [0.05, 0.1) is 23.3 Å². The van der Waals surface area contributed by atoms with E-state index in [0.717, 1.165) is 5.56 Å². The number of imidazole rings is 1. The Morgan fingerprint density at radius 2 is 1.82 bits per heavy atom. The van der Waals surface area contributed by atoms with Gasteiger partial charge in [0.1, 0.15) is 0 Å². The first kappa shape index (κ1) is 17.8. The molecule has 0 aliphatic rings. The van der Waals surface area contributed by atoms with Crippen LogP contribution in [0.5, 0.6) is 0 Å². The maximum absolute atomic E-state index is 12.9. The molecule has 0 saturated heterocycles. The van der Waals surface area contributed by atoms with Crippen LogP contribution in [0.3, 0.4) is 0 Å². The van der Waals surface area contributed by atoms with E-state index in [4.69, 9.17) is 4.42 Å². The van der Waals surface area contributed by atoms with Crippen molar-refractivity contribution in [3.05, 3.63) is 89.6 Å². The van der Waals surface area contributed by atoms with Gasteiger partial charge in [-0.2, -0.15) is 13.2 Å². The molecule has 5 nitrogen and oxygen atoms in total. The highest BCUT2D eigenvalue weighted by atomic mass is 19.4. The van der Waals surface area contributed by atoms with Crippen LogP contribution in [0.4, 0.5) is 13.2 Å². The molecule has 2 N–H and O–H groups in total. The highest BCUT2D eigenvalue weighted by molar-refractivity contribution is 5.92. The molecule has 4 aromatic rings. The molecule has 0 radical (unpaired) electrons. The molecule has 28 heavy (non-hydrogen) atoms. The lowest BCUT2D eigenvalue weighted by Crippen LogP contribution is -2.29. The number of halogens is 3. The molecule has 2 aromatic heterocycles. The maximum atomic E-state index is 12.9. The van der Waals surface area contributed by atoms with E-state index in [-0.39, 0.29) is 16.8 Å². The molecule has 0 saturated carbocycles. The van der Waals surface area contributed by atoms with Crippen molar-refractivity contribution in [3.63, 3.8) is 0 Å². The predicted molar refractivity (Wildman–Crippen MR) is 95.6 cm³/mol. The van der Waals surface area contributed by atoms with E-state index in [9.17, 15) is 18.0 Å². The lowest BCUT2D eigenvalue weighted by Gasteiger charge is -2.19. The number of furan rings is 1. The zero-order valence-electron chi connectivity index (χ0n) is 14.3. The second-order valence-electron chi connectivity index (χ2n) is 6.15. The van der Waals surface area contributed by atoms with Gasteiger partial charge in [-0.15, -0.1) is 0 Å². The van der Waals surface area contributed by atoms with Gasteiger partial charge in [-0.1, -0.05) is 36.4 Å². The monoisotopic (exact) mass is 385 g/mol. The minimum Gasteiger partial charge on any atom is -0.459 e. The van der Waals surface area contributed by atoms with Crippen molar-refractivity contribution in [1.82, 2.24) is 15.3 Å². The molecule has 1 amide bonds. The van der Waals surface area contributed by atoms with Crippen LogP contribution in [0.25, 0.3) is 11.0 Å². The molecule has 0 spiro atoms.